The van der Waals surface area contributed by atoms with E-state index in [1.165, 1.54) is 13.1 Å². The van der Waals surface area contributed by atoms with Crippen molar-refractivity contribution in [1.82, 2.24) is 20.5 Å². The number of likely N-dealkylation sites (tertiary alicyclic amines) is 1. The number of carboxylic acids is 1. The zero-order chi connectivity index (χ0) is 39.5. The van der Waals surface area contributed by atoms with Crippen LogP contribution in [0.15, 0.2) is 67.0 Å². The summed E-state index contributed by atoms with van der Waals surface area (Å²) in [6.45, 7) is 7.69. The van der Waals surface area contributed by atoms with Gasteiger partial charge < -0.3 is 34.6 Å². The number of aliphatic hydroxyl groups excluding tert-OH is 1. The molecule has 290 valence electrons. The number of nitrogens with zero attached hydrogens (tertiary/aromatic N) is 3. The number of rotatable bonds is 18. The third-order valence-corrected chi connectivity index (χ3v) is 10.2. The molecule has 1 aromatic heterocycles. The molecule has 0 unspecified atom stereocenters. The van der Waals surface area contributed by atoms with Crippen LogP contribution >= 0.6 is 23.2 Å². The van der Waals surface area contributed by atoms with Crippen molar-refractivity contribution in [3.8, 4) is 34.4 Å². The van der Waals surface area contributed by atoms with Gasteiger partial charge >= 0.3 is 5.97 Å². The third kappa shape index (κ3) is 10.9. The summed E-state index contributed by atoms with van der Waals surface area (Å²) in [7, 11) is 0. The van der Waals surface area contributed by atoms with Crippen LogP contribution in [-0.4, -0.2) is 76.4 Å². The van der Waals surface area contributed by atoms with Crippen LogP contribution < -0.4 is 24.8 Å². The monoisotopic (exact) mass is 789 g/mol. The van der Waals surface area contributed by atoms with Crippen LogP contribution in [0.25, 0.3) is 11.1 Å². The van der Waals surface area contributed by atoms with Gasteiger partial charge in [0.15, 0.2) is 0 Å². The molecular weight excluding hydrogens is 745 g/mol. The number of aliphatic carboxylic acids is 1. The molecule has 4 N–H and O–H groups in total. The van der Waals surface area contributed by atoms with Crippen molar-refractivity contribution in [3.05, 3.63) is 105 Å². The predicted octanol–water partition coefficient (Wildman–Crippen LogP) is 6.30. The summed E-state index contributed by atoms with van der Waals surface area (Å²) in [4.78, 5) is 29.6. The molecule has 55 heavy (non-hydrogen) atoms. The Hall–Kier alpha value is -4.90. The number of hydrogen-bond acceptors (Lipinski definition) is 10. The van der Waals surface area contributed by atoms with Crippen molar-refractivity contribution in [3.63, 3.8) is 0 Å². The molecular formula is C41H45Cl2N5O7. The molecule has 0 bridgehead atoms. The van der Waals surface area contributed by atoms with Crippen molar-refractivity contribution in [2.24, 2.45) is 0 Å². The summed E-state index contributed by atoms with van der Waals surface area (Å²) in [5, 5.41) is 35.3. The summed E-state index contributed by atoms with van der Waals surface area (Å²) < 4.78 is 18.5. The fraction of sp³-hybridized carbons (Fsp3) is 0.366. The zero-order valence-electron chi connectivity index (χ0n) is 31.0. The standard InChI is InChI=1S/C41H45Cl2N5O7/c1-26-30(7-4-8-33(26)34-9-5-10-36(39(34)43)53-14-6-12-48-13-11-32(22-48)47-27(2)50)24-55-38-17-37(54-23-29-15-28(18-44)19-45-20-29)31(16-35(38)42)21-46-41(3,25-49)40(51)52/h4-5,7-10,15-17,19-20,32,46,49H,6,11-14,21-25H2,1-3H3,(H,47,50)(H,51,52)/t32-,41-/m1/s1. The number of benzene rings is 3. The van der Waals surface area contributed by atoms with E-state index in [2.05, 4.69) is 26.6 Å². The van der Waals surface area contributed by atoms with Gasteiger partial charge in [-0.15, -0.1) is 0 Å². The maximum atomic E-state index is 11.8. The van der Waals surface area contributed by atoms with E-state index >= 15 is 0 Å². The predicted molar refractivity (Wildman–Crippen MR) is 209 cm³/mol. The number of halogens is 2. The van der Waals surface area contributed by atoms with Crippen LogP contribution in [0.2, 0.25) is 10.0 Å². The molecule has 2 atom stereocenters. The van der Waals surface area contributed by atoms with E-state index in [9.17, 15) is 25.1 Å². The Kier molecular flexibility index (Phi) is 14.3. The molecule has 0 saturated carbocycles. The number of aromatic nitrogens is 1. The Balaban J connectivity index is 1.28. The van der Waals surface area contributed by atoms with Gasteiger partial charge in [-0.05, 0) is 61.6 Å². The Bertz CT molecular complexity index is 2040. The molecule has 0 radical (unpaired) electrons. The Morgan fingerprint density at radius 3 is 2.53 bits per heavy atom. The van der Waals surface area contributed by atoms with E-state index in [1.54, 1.807) is 31.3 Å². The molecule has 4 aromatic rings. The molecule has 14 heteroatoms. The number of pyridine rings is 1. The molecule has 5 rings (SSSR count). The highest BCUT2D eigenvalue weighted by Gasteiger charge is 2.32. The van der Waals surface area contributed by atoms with Crippen LogP contribution in [0.4, 0.5) is 0 Å². The van der Waals surface area contributed by atoms with Gasteiger partial charge in [0.1, 0.15) is 42.1 Å². The van der Waals surface area contributed by atoms with Crippen molar-refractivity contribution in [2.45, 2.75) is 65.0 Å². The highest BCUT2D eigenvalue weighted by molar-refractivity contribution is 6.35. The number of nitriles is 1. The SMILES string of the molecule is CC(=O)N[C@@H]1CCN(CCCOc2cccc(-c3cccc(COc4cc(OCc5cncc(C#N)c5)c(CN[C@](C)(CO)C(=O)O)cc4Cl)c3C)c2Cl)C1. The molecule has 0 aliphatic carbocycles. The second-order valence-electron chi connectivity index (χ2n) is 13.7. The molecule has 0 spiro atoms. The summed E-state index contributed by atoms with van der Waals surface area (Å²) in [5.74, 6) is 0.0909. The zero-order valence-corrected chi connectivity index (χ0v) is 32.5. The number of aliphatic hydroxyl groups is 1. The number of hydrogen-bond donors (Lipinski definition) is 4. The minimum Gasteiger partial charge on any atom is -0.492 e. The number of ether oxygens (including phenoxy) is 3. The van der Waals surface area contributed by atoms with Crippen molar-refractivity contribution in [2.75, 3.05) is 32.8 Å². The van der Waals surface area contributed by atoms with Crippen LogP contribution in [0.1, 0.15) is 54.5 Å². The molecule has 3 aromatic carbocycles. The van der Waals surface area contributed by atoms with Crippen molar-refractivity contribution < 1.29 is 34.0 Å². The molecule has 2 heterocycles. The van der Waals surface area contributed by atoms with E-state index in [0.717, 1.165) is 54.7 Å². The van der Waals surface area contributed by atoms with E-state index in [-0.39, 0.29) is 36.7 Å². The van der Waals surface area contributed by atoms with E-state index in [1.807, 2.05) is 43.3 Å². The Morgan fingerprint density at radius 1 is 1.02 bits per heavy atom. The first-order valence-electron chi connectivity index (χ1n) is 17.9. The first-order valence-corrected chi connectivity index (χ1v) is 18.7. The summed E-state index contributed by atoms with van der Waals surface area (Å²) in [6.07, 6.45) is 4.81. The molecule has 12 nitrogen and oxygen atoms in total. The van der Waals surface area contributed by atoms with Crippen LogP contribution in [-0.2, 0) is 29.3 Å². The fourth-order valence-electron chi connectivity index (χ4n) is 6.27. The summed E-state index contributed by atoms with van der Waals surface area (Å²) in [5.41, 5.74) is 3.57. The minimum atomic E-state index is -1.60. The van der Waals surface area contributed by atoms with Crippen molar-refractivity contribution >= 4 is 35.1 Å². The average molecular weight is 791 g/mol. The van der Waals surface area contributed by atoms with Gasteiger partial charge in [-0.2, -0.15) is 5.26 Å². The first kappa shape index (κ1) is 41.3. The average Bonchev–Trinajstić information content (AvgIpc) is 3.62. The first-order chi connectivity index (χ1) is 26.4. The smallest absolute Gasteiger partial charge is 0.326 e. The van der Waals surface area contributed by atoms with Gasteiger partial charge in [-0.25, -0.2) is 0 Å². The topological polar surface area (TPSA) is 166 Å². The number of nitrogens with one attached hydrogen (secondary N) is 2. The highest BCUT2D eigenvalue weighted by Crippen LogP contribution is 2.39. The lowest BCUT2D eigenvalue weighted by Crippen LogP contribution is -2.52. The number of carboxylic acid groups (broad SMARTS) is 1. The maximum absolute atomic E-state index is 11.8. The Labute approximate surface area is 330 Å². The Morgan fingerprint density at radius 2 is 1.78 bits per heavy atom. The van der Waals surface area contributed by atoms with Crippen LogP contribution in [0.5, 0.6) is 17.2 Å². The molecule has 1 aliphatic heterocycles. The van der Waals surface area contributed by atoms with Crippen LogP contribution in [0.3, 0.4) is 0 Å². The quantitative estimate of drug-likeness (QED) is 0.0837. The lowest BCUT2D eigenvalue weighted by molar-refractivity contribution is -0.146. The summed E-state index contributed by atoms with van der Waals surface area (Å²) >= 11 is 13.6. The van der Waals surface area contributed by atoms with E-state index in [4.69, 9.17) is 37.4 Å². The fourth-order valence-corrected chi connectivity index (χ4v) is 6.79. The van der Waals surface area contributed by atoms with Gasteiger partial charge in [0.25, 0.3) is 0 Å². The van der Waals surface area contributed by atoms with E-state index < -0.39 is 18.1 Å². The lowest BCUT2D eigenvalue weighted by atomic mass is 9.96. The lowest BCUT2D eigenvalue weighted by Gasteiger charge is -2.25. The van der Waals surface area contributed by atoms with Gasteiger partial charge in [-0.1, -0.05) is 53.5 Å². The second-order valence-corrected chi connectivity index (χ2v) is 14.5. The van der Waals surface area contributed by atoms with Crippen LogP contribution in [0, 0.1) is 18.3 Å². The summed E-state index contributed by atoms with van der Waals surface area (Å²) in [6, 6.07) is 18.8. The second kappa shape index (κ2) is 19.1. The van der Waals surface area contributed by atoms with E-state index in [0.29, 0.717) is 45.6 Å². The van der Waals surface area contributed by atoms with Gasteiger partial charge in [0.2, 0.25) is 5.91 Å². The number of carbonyl (C=O) groups is 2. The molecule has 1 amide bonds. The maximum Gasteiger partial charge on any atom is 0.326 e. The molecule has 1 aliphatic rings. The van der Waals surface area contributed by atoms with Crippen molar-refractivity contribution in [1.29, 1.82) is 5.26 Å². The van der Waals surface area contributed by atoms with Gasteiger partial charge in [0.05, 0.1) is 28.8 Å². The molecule has 1 saturated heterocycles. The minimum absolute atomic E-state index is 0.00107. The third-order valence-electron chi connectivity index (χ3n) is 9.53. The normalized spacial score (nSPS) is 15.2. The van der Waals surface area contributed by atoms with Gasteiger partial charge in [0, 0.05) is 74.3 Å². The largest absolute Gasteiger partial charge is 0.492 e. The number of carbonyl (C=O) groups excluding carboxylic acids is 1. The number of amides is 1. The van der Waals surface area contributed by atoms with Gasteiger partial charge in [-0.3, -0.25) is 19.9 Å². The highest BCUT2D eigenvalue weighted by atomic mass is 35.5. The molecule has 1 fully saturated rings.